The summed E-state index contributed by atoms with van der Waals surface area (Å²) in [5, 5.41) is 14.0. The lowest BCUT2D eigenvalue weighted by Gasteiger charge is -2.08. The van der Waals surface area contributed by atoms with Gasteiger partial charge in [-0.15, -0.1) is 10.2 Å². The number of nitrogens with one attached hydrogen (secondary N) is 2. The van der Waals surface area contributed by atoms with E-state index in [1.165, 1.54) is 0 Å². The predicted molar refractivity (Wildman–Crippen MR) is 98.6 cm³/mol. The number of hydrogen-bond donors (Lipinski definition) is 2. The molecule has 0 bridgehead atoms. The van der Waals surface area contributed by atoms with E-state index in [9.17, 15) is 4.79 Å². The molecule has 0 fully saturated rings. The molecule has 5 nitrogen and oxygen atoms in total. The lowest BCUT2D eigenvalue weighted by molar-refractivity contribution is 0.102. The van der Waals surface area contributed by atoms with Crippen LogP contribution in [0.1, 0.15) is 16.1 Å². The van der Waals surface area contributed by atoms with E-state index in [2.05, 4.69) is 36.8 Å². The van der Waals surface area contributed by atoms with Crippen molar-refractivity contribution >= 4 is 39.0 Å². The van der Waals surface area contributed by atoms with Crippen molar-refractivity contribution in [2.45, 2.75) is 6.92 Å². The maximum Gasteiger partial charge on any atom is 0.276 e. The van der Waals surface area contributed by atoms with Crippen molar-refractivity contribution in [2.75, 3.05) is 10.6 Å². The first-order valence-corrected chi connectivity index (χ1v) is 8.14. The highest BCUT2D eigenvalue weighted by Gasteiger charge is 2.10. The van der Waals surface area contributed by atoms with E-state index in [1.807, 2.05) is 55.5 Å². The minimum atomic E-state index is -0.307. The van der Waals surface area contributed by atoms with Gasteiger partial charge < -0.3 is 10.6 Å². The average molecular weight is 383 g/mol. The zero-order valence-electron chi connectivity index (χ0n) is 13.0. The van der Waals surface area contributed by atoms with Gasteiger partial charge in [-0.2, -0.15) is 0 Å². The summed E-state index contributed by atoms with van der Waals surface area (Å²) in [4.78, 5) is 12.3. The molecule has 3 rings (SSSR count). The molecule has 1 aromatic heterocycles. The lowest BCUT2D eigenvalue weighted by atomic mass is 10.2. The molecule has 0 unspecified atom stereocenters. The summed E-state index contributed by atoms with van der Waals surface area (Å²) >= 11 is 3.44. The minimum absolute atomic E-state index is 0.251. The normalized spacial score (nSPS) is 10.2. The monoisotopic (exact) mass is 382 g/mol. The number of carbonyl (C=O) groups is 1. The van der Waals surface area contributed by atoms with Crippen molar-refractivity contribution in [3.63, 3.8) is 0 Å². The summed E-state index contributed by atoms with van der Waals surface area (Å²) in [5.41, 5.74) is 2.96. The Morgan fingerprint density at radius 3 is 2.46 bits per heavy atom. The zero-order valence-corrected chi connectivity index (χ0v) is 14.5. The van der Waals surface area contributed by atoms with Crippen LogP contribution < -0.4 is 10.6 Å². The number of rotatable bonds is 4. The zero-order chi connectivity index (χ0) is 16.9. The minimum Gasteiger partial charge on any atom is -0.339 e. The van der Waals surface area contributed by atoms with Crippen molar-refractivity contribution in [1.82, 2.24) is 10.2 Å². The molecule has 0 aliphatic carbocycles. The van der Waals surface area contributed by atoms with Gasteiger partial charge in [-0.05, 0) is 64.8 Å². The van der Waals surface area contributed by atoms with Gasteiger partial charge in [-0.1, -0.05) is 24.3 Å². The van der Waals surface area contributed by atoms with Crippen molar-refractivity contribution in [1.29, 1.82) is 0 Å². The number of benzene rings is 2. The van der Waals surface area contributed by atoms with E-state index >= 15 is 0 Å². The highest BCUT2D eigenvalue weighted by Crippen LogP contribution is 2.23. The molecule has 0 radical (unpaired) electrons. The summed E-state index contributed by atoms with van der Waals surface area (Å²) in [7, 11) is 0. The smallest absolute Gasteiger partial charge is 0.276 e. The Kier molecular flexibility index (Phi) is 4.86. The van der Waals surface area contributed by atoms with E-state index in [0.29, 0.717) is 11.5 Å². The number of amides is 1. The van der Waals surface area contributed by atoms with Gasteiger partial charge in [-0.3, -0.25) is 4.79 Å². The molecule has 0 aliphatic heterocycles. The second kappa shape index (κ2) is 7.23. The first-order chi connectivity index (χ1) is 11.6. The molecule has 120 valence electrons. The molecule has 6 heteroatoms. The Bertz CT molecular complexity index is 851. The summed E-state index contributed by atoms with van der Waals surface area (Å²) in [5.74, 6) is 0.271. The molecule has 0 saturated heterocycles. The number of hydrogen-bond acceptors (Lipinski definition) is 4. The van der Waals surface area contributed by atoms with Crippen LogP contribution >= 0.6 is 15.9 Å². The lowest BCUT2D eigenvalue weighted by Crippen LogP contribution is -2.15. The summed E-state index contributed by atoms with van der Waals surface area (Å²) in [6, 6.07) is 18.7. The Morgan fingerprint density at radius 1 is 1.00 bits per heavy atom. The predicted octanol–water partition coefficient (Wildman–Crippen LogP) is 4.54. The van der Waals surface area contributed by atoms with Gasteiger partial charge in [0.2, 0.25) is 0 Å². The number of anilines is 3. The molecule has 0 atom stereocenters. The van der Waals surface area contributed by atoms with Gasteiger partial charge in [0.25, 0.3) is 5.91 Å². The molecule has 2 aromatic carbocycles. The van der Waals surface area contributed by atoms with Crippen molar-refractivity contribution in [2.24, 2.45) is 0 Å². The van der Waals surface area contributed by atoms with Gasteiger partial charge >= 0.3 is 0 Å². The van der Waals surface area contributed by atoms with Crippen LogP contribution in [0.15, 0.2) is 65.1 Å². The topological polar surface area (TPSA) is 66.9 Å². The van der Waals surface area contributed by atoms with Crippen LogP contribution in [0.5, 0.6) is 0 Å². The van der Waals surface area contributed by atoms with Crippen LogP contribution in [0, 0.1) is 6.92 Å². The maximum absolute atomic E-state index is 12.3. The third-order valence-electron chi connectivity index (χ3n) is 3.32. The molecule has 3 aromatic rings. The van der Waals surface area contributed by atoms with Gasteiger partial charge in [0.1, 0.15) is 0 Å². The highest BCUT2D eigenvalue weighted by molar-refractivity contribution is 9.10. The van der Waals surface area contributed by atoms with E-state index in [4.69, 9.17) is 0 Å². The third kappa shape index (κ3) is 3.97. The number of carbonyl (C=O) groups excluding carboxylic acids is 1. The summed E-state index contributed by atoms with van der Waals surface area (Å²) < 4.78 is 0.825. The van der Waals surface area contributed by atoms with E-state index in [-0.39, 0.29) is 11.6 Å². The quantitative estimate of drug-likeness (QED) is 0.694. The molecule has 2 N–H and O–H groups in total. The second-order valence-corrected chi connectivity index (χ2v) is 6.09. The number of aromatic nitrogens is 2. The fraction of sp³-hybridized carbons (Fsp3) is 0.0556. The number of halogens is 1. The SMILES string of the molecule is Cc1ccc(NC(=O)c2ccc(Nc3ccccc3)nn2)c(Br)c1. The van der Waals surface area contributed by atoms with Crippen molar-refractivity contribution in [3.05, 3.63) is 76.4 Å². The number of nitrogens with zero attached hydrogens (tertiary/aromatic N) is 2. The van der Waals surface area contributed by atoms with Crippen LogP contribution in [-0.2, 0) is 0 Å². The Hall–Kier alpha value is -2.73. The summed E-state index contributed by atoms with van der Waals surface area (Å²) in [6.45, 7) is 1.99. The largest absolute Gasteiger partial charge is 0.339 e. The van der Waals surface area contributed by atoms with Crippen LogP contribution in [0.3, 0.4) is 0 Å². The molecule has 0 aliphatic rings. The molecular formula is C18H15BrN4O. The fourth-order valence-corrected chi connectivity index (χ4v) is 2.69. The van der Waals surface area contributed by atoms with E-state index < -0.39 is 0 Å². The molecule has 1 heterocycles. The molecular weight excluding hydrogens is 368 g/mol. The molecule has 0 spiro atoms. The molecule has 24 heavy (non-hydrogen) atoms. The molecule has 0 saturated carbocycles. The first-order valence-electron chi connectivity index (χ1n) is 7.35. The Balaban J connectivity index is 1.69. The summed E-state index contributed by atoms with van der Waals surface area (Å²) in [6.07, 6.45) is 0. The first kappa shape index (κ1) is 16.1. The van der Waals surface area contributed by atoms with Crippen LogP contribution in [0.25, 0.3) is 0 Å². The van der Waals surface area contributed by atoms with Gasteiger partial charge in [0.15, 0.2) is 11.5 Å². The Labute approximate surface area is 148 Å². The van der Waals surface area contributed by atoms with Gasteiger partial charge in [-0.25, -0.2) is 0 Å². The van der Waals surface area contributed by atoms with Crippen LogP contribution in [0.2, 0.25) is 0 Å². The Morgan fingerprint density at radius 2 is 1.79 bits per heavy atom. The fourth-order valence-electron chi connectivity index (χ4n) is 2.10. The van der Waals surface area contributed by atoms with Gasteiger partial charge in [0.05, 0.1) is 5.69 Å². The third-order valence-corrected chi connectivity index (χ3v) is 3.97. The van der Waals surface area contributed by atoms with Crippen molar-refractivity contribution in [3.8, 4) is 0 Å². The number of aryl methyl sites for hydroxylation is 1. The number of para-hydroxylation sites is 1. The average Bonchev–Trinajstić information content (AvgIpc) is 2.59. The van der Waals surface area contributed by atoms with Crippen LogP contribution in [0.4, 0.5) is 17.2 Å². The van der Waals surface area contributed by atoms with E-state index in [0.717, 1.165) is 15.7 Å². The van der Waals surface area contributed by atoms with Gasteiger partial charge in [0, 0.05) is 10.2 Å². The standard InChI is InChI=1S/C18H15BrN4O/c1-12-7-8-15(14(19)11-12)21-18(24)16-9-10-17(23-22-16)20-13-5-3-2-4-6-13/h2-11H,1H3,(H,20,23)(H,21,24). The molecule has 1 amide bonds. The second-order valence-electron chi connectivity index (χ2n) is 5.23. The van der Waals surface area contributed by atoms with E-state index in [1.54, 1.807) is 12.1 Å². The van der Waals surface area contributed by atoms with Crippen molar-refractivity contribution < 1.29 is 4.79 Å². The maximum atomic E-state index is 12.3. The van der Waals surface area contributed by atoms with Crippen LogP contribution in [-0.4, -0.2) is 16.1 Å². The highest BCUT2D eigenvalue weighted by atomic mass is 79.9.